The lowest BCUT2D eigenvalue weighted by Gasteiger charge is -2.24. The first-order valence-electron chi connectivity index (χ1n) is 6.34. The third kappa shape index (κ3) is 3.74. The summed E-state index contributed by atoms with van der Waals surface area (Å²) in [6.45, 7) is 8.76. The molecule has 0 bridgehead atoms. The molecule has 1 rings (SSSR count). The fraction of sp³-hybridized carbons (Fsp3) is 0.600. The Bertz CT molecular complexity index is 360. The predicted molar refractivity (Wildman–Crippen MR) is 73.4 cm³/mol. The molecule has 0 amide bonds. The van der Waals surface area contributed by atoms with Crippen LogP contribution in [0.25, 0.3) is 0 Å². The molecule has 0 spiro atoms. The molecular weight excluding hydrogens is 210 g/mol. The summed E-state index contributed by atoms with van der Waals surface area (Å²) < 4.78 is 5.39. The number of benzene rings is 1. The Kier molecular flexibility index (Phi) is 5.01. The van der Waals surface area contributed by atoms with Crippen LogP contribution in [0.15, 0.2) is 18.2 Å². The normalized spacial score (nSPS) is 14.8. The van der Waals surface area contributed by atoms with Gasteiger partial charge in [-0.25, -0.2) is 0 Å². The molecule has 0 aliphatic heterocycles. The van der Waals surface area contributed by atoms with Crippen molar-refractivity contribution in [3.8, 4) is 5.75 Å². The van der Waals surface area contributed by atoms with Crippen LogP contribution in [0.1, 0.15) is 31.9 Å². The summed E-state index contributed by atoms with van der Waals surface area (Å²) in [5.41, 5.74) is 8.74. The van der Waals surface area contributed by atoms with Crippen LogP contribution < -0.4 is 10.5 Å². The number of aryl methyl sites for hydroxylation is 1. The lowest BCUT2D eigenvalue weighted by atomic mass is 9.87. The van der Waals surface area contributed by atoms with Crippen molar-refractivity contribution < 1.29 is 4.74 Å². The van der Waals surface area contributed by atoms with Gasteiger partial charge in [0.1, 0.15) is 5.75 Å². The standard InChI is InChI=1S/C15H25NO/c1-10(2)12(4)14(16)9-13-8-11(3)6-7-15(13)17-5/h6-8,10,12,14H,9,16H2,1-5H3. The first kappa shape index (κ1) is 14.0. The molecular formula is C15H25NO. The highest BCUT2D eigenvalue weighted by molar-refractivity contribution is 5.37. The number of ether oxygens (including phenoxy) is 1. The Morgan fingerprint density at radius 3 is 2.41 bits per heavy atom. The van der Waals surface area contributed by atoms with Gasteiger partial charge in [0, 0.05) is 6.04 Å². The average molecular weight is 235 g/mol. The van der Waals surface area contributed by atoms with E-state index in [9.17, 15) is 0 Å². The second kappa shape index (κ2) is 6.06. The van der Waals surface area contributed by atoms with Crippen LogP contribution in [-0.4, -0.2) is 13.2 Å². The fourth-order valence-corrected chi connectivity index (χ4v) is 2.00. The lowest BCUT2D eigenvalue weighted by molar-refractivity contribution is 0.339. The van der Waals surface area contributed by atoms with E-state index in [0.717, 1.165) is 12.2 Å². The van der Waals surface area contributed by atoms with Crippen LogP contribution in [-0.2, 0) is 6.42 Å². The summed E-state index contributed by atoms with van der Waals surface area (Å²) >= 11 is 0. The zero-order valence-electron chi connectivity index (χ0n) is 11.7. The molecule has 1 aromatic rings. The molecule has 17 heavy (non-hydrogen) atoms. The van der Waals surface area contributed by atoms with Crippen molar-refractivity contribution in [1.82, 2.24) is 0 Å². The summed E-state index contributed by atoms with van der Waals surface area (Å²) in [6, 6.07) is 6.45. The fourth-order valence-electron chi connectivity index (χ4n) is 2.00. The number of hydrogen-bond acceptors (Lipinski definition) is 2. The second-order valence-electron chi connectivity index (χ2n) is 5.29. The van der Waals surface area contributed by atoms with Crippen molar-refractivity contribution in [1.29, 1.82) is 0 Å². The van der Waals surface area contributed by atoms with Gasteiger partial charge >= 0.3 is 0 Å². The van der Waals surface area contributed by atoms with E-state index in [2.05, 4.69) is 39.8 Å². The molecule has 2 nitrogen and oxygen atoms in total. The van der Waals surface area contributed by atoms with E-state index in [1.807, 2.05) is 6.07 Å². The minimum atomic E-state index is 0.186. The van der Waals surface area contributed by atoms with Crippen LogP contribution in [0, 0.1) is 18.8 Å². The zero-order chi connectivity index (χ0) is 13.0. The van der Waals surface area contributed by atoms with Crippen LogP contribution in [0.5, 0.6) is 5.75 Å². The van der Waals surface area contributed by atoms with Crippen LogP contribution >= 0.6 is 0 Å². The largest absolute Gasteiger partial charge is 0.496 e. The predicted octanol–water partition coefficient (Wildman–Crippen LogP) is 3.17. The summed E-state index contributed by atoms with van der Waals surface area (Å²) in [5.74, 6) is 2.07. The van der Waals surface area contributed by atoms with E-state index in [1.54, 1.807) is 7.11 Å². The van der Waals surface area contributed by atoms with Crippen molar-refractivity contribution >= 4 is 0 Å². The molecule has 0 heterocycles. The topological polar surface area (TPSA) is 35.2 Å². The van der Waals surface area contributed by atoms with Gasteiger partial charge in [-0.05, 0) is 36.8 Å². The maximum absolute atomic E-state index is 6.27. The van der Waals surface area contributed by atoms with Crippen molar-refractivity contribution in [3.63, 3.8) is 0 Å². The summed E-state index contributed by atoms with van der Waals surface area (Å²) in [7, 11) is 1.71. The van der Waals surface area contributed by atoms with Gasteiger partial charge in [-0.2, -0.15) is 0 Å². The first-order valence-corrected chi connectivity index (χ1v) is 6.34. The van der Waals surface area contributed by atoms with Crippen molar-refractivity contribution in [3.05, 3.63) is 29.3 Å². The maximum atomic E-state index is 6.27. The van der Waals surface area contributed by atoms with E-state index < -0.39 is 0 Å². The Morgan fingerprint density at radius 1 is 1.24 bits per heavy atom. The quantitative estimate of drug-likeness (QED) is 0.851. The molecule has 0 aliphatic carbocycles. The van der Waals surface area contributed by atoms with Gasteiger partial charge in [-0.3, -0.25) is 0 Å². The average Bonchev–Trinajstić information content (AvgIpc) is 2.28. The van der Waals surface area contributed by atoms with E-state index in [0.29, 0.717) is 11.8 Å². The minimum Gasteiger partial charge on any atom is -0.496 e. The molecule has 1 aromatic carbocycles. The van der Waals surface area contributed by atoms with Gasteiger partial charge in [0.15, 0.2) is 0 Å². The van der Waals surface area contributed by atoms with Crippen molar-refractivity contribution in [2.45, 2.75) is 40.2 Å². The van der Waals surface area contributed by atoms with Gasteiger partial charge in [0.05, 0.1) is 7.11 Å². The van der Waals surface area contributed by atoms with E-state index in [4.69, 9.17) is 10.5 Å². The molecule has 2 atom stereocenters. The minimum absolute atomic E-state index is 0.186. The Labute approximate surface area is 105 Å². The van der Waals surface area contributed by atoms with Gasteiger partial charge < -0.3 is 10.5 Å². The van der Waals surface area contributed by atoms with Crippen molar-refractivity contribution in [2.24, 2.45) is 17.6 Å². The van der Waals surface area contributed by atoms with Gasteiger partial charge in [-0.15, -0.1) is 0 Å². The molecule has 0 saturated heterocycles. The summed E-state index contributed by atoms with van der Waals surface area (Å²) in [4.78, 5) is 0. The first-order chi connectivity index (χ1) is 7.95. The van der Waals surface area contributed by atoms with Crippen molar-refractivity contribution in [2.75, 3.05) is 7.11 Å². The van der Waals surface area contributed by atoms with E-state index in [1.165, 1.54) is 11.1 Å². The highest BCUT2D eigenvalue weighted by atomic mass is 16.5. The van der Waals surface area contributed by atoms with E-state index in [-0.39, 0.29) is 6.04 Å². The van der Waals surface area contributed by atoms with E-state index >= 15 is 0 Å². The van der Waals surface area contributed by atoms with Crippen LogP contribution in [0.3, 0.4) is 0 Å². The highest BCUT2D eigenvalue weighted by Crippen LogP contribution is 2.24. The number of rotatable bonds is 5. The number of nitrogens with two attached hydrogens (primary N) is 1. The number of hydrogen-bond donors (Lipinski definition) is 1. The SMILES string of the molecule is COc1ccc(C)cc1CC(N)C(C)C(C)C. The maximum Gasteiger partial charge on any atom is 0.122 e. The van der Waals surface area contributed by atoms with Crippen LogP contribution in [0.4, 0.5) is 0 Å². The van der Waals surface area contributed by atoms with Crippen LogP contribution in [0.2, 0.25) is 0 Å². The Hall–Kier alpha value is -1.02. The third-order valence-corrected chi connectivity index (χ3v) is 3.62. The zero-order valence-corrected chi connectivity index (χ0v) is 11.7. The molecule has 2 unspecified atom stereocenters. The molecule has 2 N–H and O–H groups in total. The lowest BCUT2D eigenvalue weighted by Crippen LogP contribution is -2.33. The summed E-state index contributed by atoms with van der Waals surface area (Å²) in [5, 5.41) is 0. The van der Waals surface area contributed by atoms with Gasteiger partial charge in [0.25, 0.3) is 0 Å². The smallest absolute Gasteiger partial charge is 0.122 e. The van der Waals surface area contributed by atoms with Gasteiger partial charge in [-0.1, -0.05) is 38.5 Å². The highest BCUT2D eigenvalue weighted by Gasteiger charge is 2.18. The summed E-state index contributed by atoms with van der Waals surface area (Å²) in [6.07, 6.45) is 0.879. The number of methoxy groups -OCH3 is 1. The monoisotopic (exact) mass is 235 g/mol. The molecule has 0 aliphatic rings. The Morgan fingerprint density at radius 2 is 1.88 bits per heavy atom. The molecule has 96 valence electrons. The molecule has 2 heteroatoms. The Balaban J connectivity index is 2.83. The molecule has 0 fully saturated rings. The second-order valence-corrected chi connectivity index (χ2v) is 5.29. The molecule has 0 radical (unpaired) electrons. The molecule has 0 saturated carbocycles. The van der Waals surface area contributed by atoms with Gasteiger partial charge in [0.2, 0.25) is 0 Å². The third-order valence-electron chi connectivity index (χ3n) is 3.62. The molecule has 0 aromatic heterocycles.